The van der Waals surface area contributed by atoms with Crippen LogP contribution in [0.2, 0.25) is 0 Å². The number of nitrogens with one attached hydrogen (secondary N) is 1. The minimum Gasteiger partial charge on any atom is -0.459 e. The van der Waals surface area contributed by atoms with Crippen molar-refractivity contribution in [3.8, 4) is 0 Å². The molecule has 6 atom stereocenters. The molecule has 0 aromatic rings. The van der Waals surface area contributed by atoms with Crippen LogP contribution in [0.5, 0.6) is 0 Å². The molecule has 0 aromatic heterocycles. The third-order valence-electron chi connectivity index (χ3n) is 5.99. The Morgan fingerprint density at radius 1 is 1.42 bits per heavy atom. The summed E-state index contributed by atoms with van der Waals surface area (Å²) in [5, 5.41) is 12.3. The fraction of sp³-hybridized carbons (Fsp3) is 0.842. The van der Waals surface area contributed by atoms with E-state index in [0.29, 0.717) is 24.3 Å². The Morgan fingerprint density at radius 3 is 2.88 bits per heavy atom. The first-order valence-electron chi connectivity index (χ1n) is 9.54. The van der Waals surface area contributed by atoms with Gasteiger partial charge in [0, 0.05) is 25.2 Å². The lowest BCUT2D eigenvalue weighted by Crippen LogP contribution is -2.43. The van der Waals surface area contributed by atoms with Crippen molar-refractivity contribution in [3.05, 3.63) is 11.8 Å². The summed E-state index contributed by atoms with van der Waals surface area (Å²) in [6, 6.07) is 0.314. The molecule has 3 aliphatic rings. The topological polar surface area (TPSA) is 67.8 Å². The maximum absolute atomic E-state index is 12.6. The predicted octanol–water partition coefficient (Wildman–Crippen LogP) is 2.59. The molecule has 5 nitrogen and oxygen atoms in total. The first-order valence-corrected chi connectivity index (χ1v) is 9.54. The quantitative estimate of drug-likeness (QED) is 0.749. The van der Waals surface area contributed by atoms with E-state index in [0.717, 1.165) is 25.2 Å². The molecule has 0 radical (unpaired) electrons. The molecule has 2 saturated carbocycles. The molecule has 2 N–H and O–H groups in total. The van der Waals surface area contributed by atoms with Crippen molar-refractivity contribution in [2.45, 2.75) is 64.7 Å². The summed E-state index contributed by atoms with van der Waals surface area (Å²) in [5.74, 6) is 2.15. The summed E-state index contributed by atoms with van der Waals surface area (Å²) in [6.07, 6.45) is 8.05. The van der Waals surface area contributed by atoms with Crippen LogP contribution in [0.15, 0.2) is 11.8 Å². The molecule has 0 spiro atoms. The molecule has 1 heterocycles. The zero-order valence-electron chi connectivity index (χ0n) is 14.9. The average Bonchev–Trinajstić information content (AvgIpc) is 3.17. The van der Waals surface area contributed by atoms with Gasteiger partial charge in [0.2, 0.25) is 6.29 Å². The van der Waals surface area contributed by atoms with Crippen molar-refractivity contribution in [2.75, 3.05) is 13.2 Å². The minimum absolute atomic E-state index is 0.0929. The van der Waals surface area contributed by atoms with Gasteiger partial charge in [-0.3, -0.25) is 4.79 Å². The van der Waals surface area contributed by atoms with Crippen LogP contribution in [0.1, 0.15) is 52.4 Å². The zero-order valence-corrected chi connectivity index (χ0v) is 14.9. The predicted molar refractivity (Wildman–Crippen MR) is 90.9 cm³/mol. The molecule has 24 heavy (non-hydrogen) atoms. The van der Waals surface area contributed by atoms with Crippen molar-refractivity contribution in [2.24, 2.45) is 23.7 Å². The van der Waals surface area contributed by atoms with Crippen LogP contribution in [-0.2, 0) is 14.3 Å². The summed E-state index contributed by atoms with van der Waals surface area (Å²) in [5.41, 5.74) is 0. The molecule has 5 heteroatoms. The summed E-state index contributed by atoms with van der Waals surface area (Å²) in [6.45, 7) is 4.75. The van der Waals surface area contributed by atoms with Gasteiger partial charge in [-0.2, -0.15) is 0 Å². The Bertz CT molecular complexity index is 478. The van der Waals surface area contributed by atoms with Crippen LogP contribution < -0.4 is 5.32 Å². The van der Waals surface area contributed by atoms with Gasteiger partial charge in [-0.25, -0.2) is 0 Å². The third-order valence-corrected chi connectivity index (χ3v) is 5.99. The van der Waals surface area contributed by atoms with Crippen LogP contribution in [0.25, 0.3) is 0 Å². The number of aliphatic hydroxyl groups excluding tert-OH is 1. The highest BCUT2D eigenvalue weighted by Crippen LogP contribution is 2.44. The molecule has 136 valence electrons. The lowest BCUT2D eigenvalue weighted by Gasteiger charge is -2.35. The van der Waals surface area contributed by atoms with Crippen LogP contribution >= 0.6 is 0 Å². The molecule has 1 aliphatic heterocycles. The monoisotopic (exact) mass is 337 g/mol. The third kappa shape index (κ3) is 3.77. The molecule has 3 rings (SSSR count). The normalized spacial score (nSPS) is 37.9. The number of allylic oxidation sites excluding steroid dienone is 1. The van der Waals surface area contributed by atoms with Crippen molar-refractivity contribution in [3.63, 3.8) is 0 Å². The number of hydrogen-bond donors (Lipinski definition) is 2. The highest BCUT2D eigenvalue weighted by Gasteiger charge is 2.41. The Kier molecular flexibility index (Phi) is 5.82. The number of carbonyl (C=O) groups is 1. The first kappa shape index (κ1) is 17.7. The number of carbonyl (C=O) groups excluding carboxylic acids is 1. The average molecular weight is 337 g/mol. The van der Waals surface area contributed by atoms with Gasteiger partial charge in [0.15, 0.2) is 5.76 Å². The van der Waals surface area contributed by atoms with Gasteiger partial charge < -0.3 is 19.9 Å². The molecular weight excluding hydrogens is 306 g/mol. The largest absolute Gasteiger partial charge is 0.459 e. The van der Waals surface area contributed by atoms with E-state index < -0.39 is 6.29 Å². The van der Waals surface area contributed by atoms with Gasteiger partial charge in [-0.1, -0.05) is 13.3 Å². The minimum atomic E-state index is -0.401. The van der Waals surface area contributed by atoms with E-state index in [9.17, 15) is 4.79 Å². The van der Waals surface area contributed by atoms with E-state index in [1.807, 2.05) is 13.0 Å². The molecule has 2 bridgehead atoms. The van der Waals surface area contributed by atoms with Gasteiger partial charge in [0.05, 0.1) is 0 Å². The lowest BCUT2D eigenvalue weighted by molar-refractivity contribution is -0.171. The van der Waals surface area contributed by atoms with E-state index in [-0.39, 0.29) is 24.3 Å². The molecule has 3 unspecified atom stereocenters. The second-order valence-corrected chi connectivity index (χ2v) is 7.62. The van der Waals surface area contributed by atoms with Crippen LogP contribution in [-0.4, -0.2) is 36.6 Å². The van der Waals surface area contributed by atoms with Gasteiger partial charge in [-0.15, -0.1) is 0 Å². The smallest absolute Gasteiger partial charge is 0.286 e. The van der Waals surface area contributed by atoms with E-state index in [1.54, 1.807) is 0 Å². The fourth-order valence-electron chi connectivity index (χ4n) is 4.70. The standard InChI is InChI=1S/C19H31NO4/c1-3-23-19-15(5-4-8-21)12(2)9-17(24-19)18(22)20-16-11-13-6-7-14(16)10-13/h9,12-16,19,21H,3-8,10-11H2,1-2H3,(H,20,22)/t12-,13?,14?,15-,16?,19+/m0/s1. The Hall–Kier alpha value is -1.07. The van der Waals surface area contributed by atoms with E-state index in [4.69, 9.17) is 14.6 Å². The highest BCUT2D eigenvalue weighted by atomic mass is 16.7. The lowest BCUT2D eigenvalue weighted by atomic mass is 9.86. The van der Waals surface area contributed by atoms with E-state index in [1.165, 1.54) is 19.3 Å². The number of aliphatic hydroxyl groups is 1. The molecular formula is C19H31NO4. The van der Waals surface area contributed by atoms with Crippen LogP contribution in [0.3, 0.4) is 0 Å². The number of amides is 1. The van der Waals surface area contributed by atoms with Gasteiger partial charge in [0.25, 0.3) is 5.91 Å². The van der Waals surface area contributed by atoms with Crippen molar-refractivity contribution in [1.82, 2.24) is 5.32 Å². The molecule has 0 aromatic carbocycles. The Labute approximate surface area is 144 Å². The number of hydrogen-bond acceptors (Lipinski definition) is 4. The van der Waals surface area contributed by atoms with Gasteiger partial charge in [-0.05, 0) is 62.9 Å². The van der Waals surface area contributed by atoms with E-state index >= 15 is 0 Å². The van der Waals surface area contributed by atoms with Crippen molar-refractivity contribution < 1.29 is 19.4 Å². The number of ether oxygens (including phenoxy) is 2. The highest BCUT2D eigenvalue weighted by molar-refractivity contribution is 5.91. The van der Waals surface area contributed by atoms with Gasteiger partial charge in [0.1, 0.15) is 0 Å². The molecule has 2 fully saturated rings. The Morgan fingerprint density at radius 2 is 2.25 bits per heavy atom. The van der Waals surface area contributed by atoms with Crippen LogP contribution in [0.4, 0.5) is 0 Å². The number of rotatable bonds is 7. The fourth-order valence-corrected chi connectivity index (χ4v) is 4.70. The summed E-state index contributed by atoms with van der Waals surface area (Å²) >= 11 is 0. The Balaban J connectivity index is 1.62. The van der Waals surface area contributed by atoms with Crippen molar-refractivity contribution >= 4 is 5.91 Å². The zero-order chi connectivity index (χ0) is 17.1. The van der Waals surface area contributed by atoms with E-state index in [2.05, 4.69) is 12.2 Å². The van der Waals surface area contributed by atoms with Crippen molar-refractivity contribution in [1.29, 1.82) is 0 Å². The molecule has 1 amide bonds. The summed E-state index contributed by atoms with van der Waals surface area (Å²) in [4.78, 5) is 12.6. The molecule has 0 saturated heterocycles. The second-order valence-electron chi connectivity index (χ2n) is 7.62. The molecule has 2 aliphatic carbocycles. The maximum atomic E-state index is 12.6. The van der Waals surface area contributed by atoms with Gasteiger partial charge >= 0.3 is 0 Å². The first-order chi connectivity index (χ1) is 11.6. The summed E-state index contributed by atoms with van der Waals surface area (Å²) < 4.78 is 11.6. The van der Waals surface area contributed by atoms with Crippen LogP contribution in [0, 0.1) is 23.7 Å². The summed E-state index contributed by atoms with van der Waals surface area (Å²) in [7, 11) is 0. The maximum Gasteiger partial charge on any atom is 0.286 e. The SMILES string of the molecule is CCO[C@@H]1OC(C(=O)NC2CC3CCC2C3)=C[C@H](C)[C@@H]1CCCO. The number of fused-ring (bicyclic) bond motifs is 2. The second kappa shape index (κ2) is 7.87.